The first-order valence-corrected chi connectivity index (χ1v) is 6.62. The molecule has 0 aromatic carbocycles. The number of hydrogen-bond acceptors (Lipinski definition) is 3. The average Bonchev–Trinajstić information content (AvgIpc) is 2.66. The van der Waals surface area contributed by atoms with Crippen LogP contribution in [0.1, 0.15) is 47.5 Å². The van der Waals surface area contributed by atoms with Crippen LogP contribution in [0.25, 0.3) is 0 Å². The first kappa shape index (κ1) is 13.1. The molecule has 2 rings (SSSR count). The van der Waals surface area contributed by atoms with Gasteiger partial charge in [0, 0.05) is 23.4 Å². The predicted molar refractivity (Wildman–Crippen MR) is 74.3 cm³/mol. The number of nitrogens with one attached hydrogen (secondary N) is 1. The van der Waals surface area contributed by atoms with E-state index in [9.17, 15) is 5.26 Å². The van der Waals surface area contributed by atoms with Gasteiger partial charge in [-0.15, -0.1) is 0 Å². The molecular weight excluding hydrogens is 222 g/mol. The monoisotopic (exact) mass is 245 g/mol. The standard InChI is InChI=1S/C15H23N3/c1-13(2)7-11(17-10-13)6-12-14(3,4)8-15(5,9-16)18-12/h6,17H,7-8,10H2,1-5H3/b11-6+. The van der Waals surface area contributed by atoms with E-state index in [4.69, 9.17) is 0 Å². The molecule has 18 heavy (non-hydrogen) atoms. The van der Waals surface area contributed by atoms with Crippen molar-refractivity contribution in [1.82, 2.24) is 5.32 Å². The van der Waals surface area contributed by atoms with Gasteiger partial charge in [0.15, 0.2) is 0 Å². The Kier molecular flexibility index (Phi) is 2.81. The summed E-state index contributed by atoms with van der Waals surface area (Å²) in [7, 11) is 0. The van der Waals surface area contributed by atoms with Crippen LogP contribution in [0, 0.1) is 22.2 Å². The zero-order valence-corrected chi connectivity index (χ0v) is 12.1. The van der Waals surface area contributed by atoms with Crippen LogP contribution in [0.4, 0.5) is 0 Å². The molecule has 2 aliphatic heterocycles. The number of hydrogen-bond donors (Lipinski definition) is 1. The van der Waals surface area contributed by atoms with E-state index < -0.39 is 5.54 Å². The fourth-order valence-corrected chi connectivity index (χ4v) is 2.96. The van der Waals surface area contributed by atoms with Crippen LogP contribution >= 0.6 is 0 Å². The fourth-order valence-electron chi connectivity index (χ4n) is 2.96. The van der Waals surface area contributed by atoms with Crippen molar-refractivity contribution in [3.05, 3.63) is 11.8 Å². The minimum atomic E-state index is -0.552. The topological polar surface area (TPSA) is 48.2 Å². The zero-order valence-electron chi connectivity index (χ0n) is 12.1. The van der Waals surface area contributed by atoms with Crippen molar-refractivity contribution in [2.75, 3.05) is 6.54 Å². The molecule has 0 radical (unpaired) electrons. The highest BCUT2D eigenvalue weighted by Crippen LogP contribution is 2.40. The predicted octanol–water partition coefficient (Wildman–Crippen LogP) is 3.04. The maximum atomic E-state index is 9.23. The molecule has 0 amide bonds. The minimum Gasteiger partial charge on any atom is -0.388 e. The van der Waals surface area contributed by atoms with E-state index in [1.165, 1.54) is 5.70 Å². The second kappa shape index (κ2) is 3.85. The van der Waals surface area contributed by atoms with Crippen LogP contribution in [0.15, 0.2) is 16.8 Å². The lowest BCUT2D eigenvalue weighted by atomic mass is 9.80. The molecule has 1 unspecified atom stereocenters. The van der Waals surface area contributed by atoms with Crippen LogP contribution in [0.5, 0.6) is 0 Å². The summed E-state index contributed by atoms with van der Waals surface area (Å²) in [4.78, 5) is 4.64. The second-order valence-electron chi connectivity index (χ2n) is 7.31. The molecule has 0 bridgehead atoms. The maximum absolute atomic E-state index is 9.23. The van der Waals surface area contributed by atoms with E-state index in [1.54, 1.807) is 0 Å². The van der Waals surface area contributed by atoms with Crippen molar-refractivity contribution in [3.8, 4) is 6.07 Å². The average molecular weight is 245 g/mol. The Morgan fingerprint density at radius 2 is 1.94 bits per heavy atom. The molecule has 1 fully saturated rings. The van der Waals surface area contributed by atoms with Crippen molar-refractivity contribution >= 4 is 5.71 Å². The van der Waals surface area contributed by atoms with Gasteiger partial charge in [0.2, 0.25) is 0 Å². The highest BCUT2D eigenvalue weighted by molar-refractivity contribution is 6.01. The number of rotatable bonds is 1. The first-order valence-electron chi connectivity index (χ1n) is 6.62. The molecule has 98 valence electrons. The Bertz CT molecular complexity index is 463. The van der Waals surface area contributed by atoms with E-state index in [1.807, 2.05) is 6.92 Å². The number of nitriles is 1. The van der Waals surface area contributed by atoms with Crippen molar-refractivity contribution in [3.63, 3.8) is 0 Å². The van der Waals surface area contributed by atoms with Crippen molar-refractivity contribution < 1.29 is 0 Å². The molecule has 3 heteroatoms. The number of nitrogens with zero attached hydrogens (tertiary/aromatic N) is 2. The first-order chi connectivity index (χ1) is 8.16. The van der Waals surface area contributed by atoms with Gasteiger partial charge in [0.05, 0.1) is 6.07 Å². The summed E-state index contributed by atoms with van der Waals surface area (Å²) >= 11 is 0. The minimum absolute atomic E-state index is 0.00804. The van der Waals surface area contributed by atoms with Gasteiger partial charge in [0.25, 0.3) is 0 Å². The lowest BCUT2D eigenvalue weighted by Crippen LogP contribution is -2.23. The van der Waals surface area contributed by atoms with Gasteiger partial charge in [0.1, 0.15) is 5.54 Å². The highest BCUT2D eigenvalue weighted by atomic mass is 15.0. The van der Waals surface area contributed by atoms with Crippen LogP contribution in [-0.2, 0) is 0 Å². The molecule has 0 aromatic heterocycles. The van der Waals surface area contributed by atoms with Gasteiger partial charge in [-0.25, -0.2) is 0 Å². The largest absolute Gasteiger partial charge is 0.388 e. The molecule has 3 nitrogen and oxygen atoms in total. The fraction of sp³-hybridized carbons (Fsp3) is 0.733. The molecule has 1 N–H and O–H groups in total. The van der Waals surface area contributed by atoms with Gasteiger partial charge in [-0.05, 0) is 31.3 Å². The Balaban J connectivity index is 2.27. The molecular formula is C15H23N3. The Hall–Kier alpha value is -1.30. The molecule has 0 aromatic rings. The molecule has 0 aliphatic carbocycles. The van der Waals surface area contributed by atoms with Crippen LogP contribution in [-0.4, -0.2) is 17.8 Å². The van der Waals surface area contributed by atoms with Crippen molar-refractivity contribution in [1.29, 1.82) is 5.26 Å². The Morgan fingerprint density at radius 3 is 2.39 bits per heavy atom. The summed E-state index contributed by atoms with van der Waals surface area (Å²) in [5.74, 6) is 0. The Morgan fingerprint density at radius 1 is 1.28 bits per heavy atom. The number of aliphatic imine (C=N–C) groups is 1. The zero-order chi connectivity index (χ0) is 13.6. The van der Waals surface area contributed by atoms with E-state index in [0.29, 0.717) is 5.41 Å². The number of allylic oxidation sites excluding steroid dienone is 2. The lowest BCUT2D eigenvalue weighted by Gasteiger charge is -2.20. The summed E-state index contributed by atoms with van der Waals surface area (Å²) in [6, 6.07) is 2.33. The summed E-state index contributed by atoms with van der Waals surface area (Å²) < 4.78 is 0. The SMILES string of the molecule is CC1(C)CN/C(=C/C2=NC(C)(C#N)CC2(C)C)C1. The van der Waals surface area contributed by atoms with Crippen molar-refractivity contribution in [2.24, 2.45) is 15.8 Å². The summed E-state index contributed by atoms with van der Waals surface area (Å²) in [6.07, 6.45) is 4.03. The molecule has 0 spiro atoms. The van der Waals surface area contributed by atoms with Crippen LogP contribution in [0.3, 0.4) is 0 Å². The Labute approximate surface area is 110 Å². The maximum Gasteiger partial charge on any atom is 0.145 e. The third-order valence-electron chi connectivity index (χ3n) is 3.86. The van der Waals surface area contributed by atoms with Gasteiger partial charge in [-0.1, -0.05) is 27.7 Å². The molecule has 2 aliphatic rings. The third-order valence-corrected chi connectivity index (χ3v) is 3.86. The molecule has 1 atom stereocenters. The third kappa shape index (κ3) is 2.43. The normalized spacial score (nSPS) is 35.1. The summed E-state index contributed by atoms with van der Waals surface area (Å²) in [5.41, 5.74) is 2.09. The molecule has 1 saturated heterocycles. The van der Waals surface area contributed by atoms with Crippen LogP contribution in [0.2, 0.25) is 0 Å². The van der Waals surface area contributed by atoms with Crippen molar-refractivity contribution in [2.45, 2.75) is 53.0 Å². The smallest absolute Gasteiger partial charge is 0.145 e. The summed E-state index contributed by atoms with van der Waals surface area (Å²) in [6.45, 7) is 11.8. The summed E-state index contributed by atoms with van der Waals surface area (Å²) in [5, 5.41) is 12.7. The van der Waals surface area contributed by atoms with Gasteiger partial charge >= 0.3 is 0 Å². The van der Waals surface area contributed by atoms with E-state index in [0.717, 1.165) is 25.1 Å². The van der Waals surface area contributed by atoms with Crippen LogP contribution < -0.4 is 5.32 Å². The quantitative estimate of drug-likeness (QED) is 0.772. The molecule has 2 heterocycles. The van der Waals surface area contributed by atoms with E-state index in [2.05, 4.69) is 50.1 Å². The second-order valence-corrected chi connectivity index (χ2v) is 7.31. The highest BCUT2D eigenvalue weighted by Gasteiger charge is 2.42. The van der Waals surface area contributed by atoms with E-state index >= 15 is 0 Å². The van der Waals surface area contributed by atoms with Gasteiger partial charge < -0.3 is 5.32 Å². The molecule has 0 saturated carbocycles. The van der Waals surface area contributed by atoms with Gasteiger partial charge in [-0.2, -0.15) is 5.26 Å². The lowest BCUT2D eigenvalue weighted by molar-refractivity contribution is 0.417. The van der Waals surface area contributed by atoms with E-state index in [-0.39, 0.29) is 5.41 Å². The van der Waals surface area contributed by atoms with Gasteiger partial charge in [-0.3, -0.25) is 4.99 Å².